The zero-order valence-corrected chi connectivity index (χ0v) is 12.7. The third-order valence-corrected chi connectivity index (χ3v) is 2.82. The molecule has 6 nitrogen and oxygen atoms in total. The van der Waals surface area contributed by atoms with E-state index < -0.39 is 0 Å². The van der Waals surface area contributed by atoms with Crippen LogP contribution in [0.3, 0.4) is 0 Å². The van der Waals surface area contributed by atoms with Gasteiger partial charge >= 0.3 is 6.03 Å². The summed E-state index contributed by atoms with van der Waals surface area (Å²) in [5.74, 6) is 0.279. The van der Waals surface area contributed by atoms with Gasteiger partial charge in [-0.3, -0.25) is 0 Å². The minimum absolute atomic E-state index is 0.307. The van der Waals surface area contributed by atoms with Gasteiger partial charge in [-0.2, -0.15) is 0 Å². The SMILES string of the molecule is COCCCNC(=O)Nc1ccc(Oc2cccc(F)c2)nc1. The lowest BCUT2D eigenvalue weighted by Crippen LogP contribution is -2.30. The van der Waals surface area contributed by atoms with E-state index in [1.54, 1.807) is 31.4 Å². The summed E-state index contributed by atoms with van der Waals surface area (Å²) in [7, 11) is 1.61. The minimum Gasteiger partial charge on any atom is -0.439 e. The third kappa shape index (κ3) is 5.91. The molecule has 1 heterocycles. The van der Waals surface area contributed by atoms with E-state index in [0.717, 1.165) is 6.42 Å². The molecule has 0 aliphatic rings. The standard InChI is InChI=1S/C16H18FN3O3/c1-22-9-3-8-18-16(21)20-13-6-7-15(19-11-13)23-14-5-2-4-12(17)10-14/h2,4-7,10-11H,3,8-9H2,1H3,(H2,18,20,21). The number of anilines is 1. The maximum atomic E-state index is 13.1. The van der Waals surface area contributed by atoms with E-state index in [1.165, 1.54) is 18.3 Å². The summed E-state index contributed by atoms with van der Waals surface area (Å²) in [5, 5.41) is 5.35. The lowest BCUT2D eigenvalue weighted by Gasteiger charge is -2.08. The van der Waals surface area contributed by atoms with Crippen LogP contribution >= 0.6 is 0 Å². The molecule has 2 amide bonds. The molecule has 0 radical (unpaired) electrons. The molecular weight excluding hydrogens is 301 g/mol. The van der Waals surface area contributed by atoms with Crippen LogP contribution in [-0.2, 0) is 4.74 Å². The summed E-state index contributed by atoms with van der Waals surface area (Å²) in [6.07, 6.45) is 2.20. The second kappa shape index (κ2) is 8.70. The average molecular weight is 319 g/mol. The molecule has 0 atom stereocenters. The number of amides is 2. The summed E-state index contributed by atoms with van der Waals surface area (Å²) < 4.78 is 23.4. The van der Waals surface area contributed by atoms with Crippen LogP contribution in [0, 0.1) is 5.82 Å². The number of hydrogen-bond donors (Lipinski definition) is 2. The van der Waals surface area contributed by atoms with Gasteiger partial charge in [-0.25, -0.2) is 14.2 Å². The zero-order valence-electron chi connectivity index (χ0n) is 12.7. The molecule has 122 valence electrons. The Morgan fingerprint density at radius 3 is 2.87 bits per heavy atom. The van der Waals surface area contributed by atoms with Crippen LogP contribution in [0.4, 0.5) is 14.9 Å². The molecule has 2 N–H and O–H groups in total. The average Bonchev–Trinajstić information content (AvgIpc) is 2.54. The molecule has 1 aromatic heterocycles. The van der Waals surface area contributed by atoms with E-state index in [2.05, 4.69) is 15.6 Å². The van der Waals surface area contributed by atoms with Crippen molar-refractivity contribution in [2.45, 2.75) is 6.42 Å². The van der Waals surface area contributed by atoms with Gasteiger partial charge < -0.3 is 20.1 Å². The van der Waals surface area contributed by atoms with Gasteiger partial charge in [0.1, 0.15) is 11.6 Å². The fourth-order valence-corrected chi connectivity index (χ4v) is 1.76. The van der Waals surface area contributed by atoms with Crippen LogP contribution in [0.15, 0.2) is 42.6 Å². The van der Waals surface area contributed by atoms with E-state index >= 15 is 0 Å². The van der Waals surface area contributed by atoms with Gasteiger partial charge in [0.2, 0.25) is 5.88 Å². The summed E-state index contributed by atoms with van der Waals surface area (Å²) in [6, 6.07) is 8.70. The van der Waals surface area contributed by atoms with Crippen molar-refractivity contribution in [2.75, 3.05) is 25.6 Å². The molecule has 0 saturated carbocycles. The summed E-state index contributed by atoms with van der Waals surface area (Å²) in [4.78, 5) is 15.7. The van der Waals surface area contributed by atoms with Gasteiger partial charge in [0, 0.05) is 32.4 Å². The predicted octanol–water partition coefficient (Wildman–Crippen LogP) is 3.17. The van der Waals surface area contributed by atoms with Gasteiger partial charge in [-0.15, -0.1) is 0 Å². The second-order valence-corrected chi connectivity index (χ2v) is 4.67. The largest absolute Gasteiger partial charge is 0.439 e. The first-order chi connectivity index (χ1) is 11.2. The Bertz CT molecular complexity index is 635. The number of methoxy groups -OCH3 is 1. The lowest BCUT2D eigenvalue weighted by atomic mass is 10.3. The topological polar surface area (TPSA) is 72.5 Å². The van der Waals surface area contributed by atoms with Gasteiger partial charge in [0.15, 0.2) is 0 Å². The predicted molar refractivity (Wildman–Crippen MR) is 84.2 cm³/mol. The number of benzene rings is 1. The van der Waals surface area contributed by atoms with E-state index in [-0.39, 0.29) is 11.8 Å². The number of halogens is 1. The Morgan fingerprint density at radius 1 is 1.30 bits per heavy atom. The molecule has 7 heteroatoms. The first-order valence-electron chi connectivity index (χ1n) is 7.10. The maximum absolute atomic E-state index is 13.1. The number of carbonyl (C=O) groups excluding carboxylic acids is 1. The molecule has 1 aromatic carbocycles. The van der Waals surface area contributed by atoms with Crippen LogP contribution in [0.5, 0.6) is 11.6 Å². The monoisotopic (exact) mass is 319 g/mol. The molecule has 0 unspecified atom stereocenters. The molecule has 0 fully saturated rings. The normalized spacial score (nSPS) is 10.2. The fraction of sp³-hybridized carbons (Fsp3) is 0.250. The minimum atomic E-state index is -0.383. The van der Waals surface area contributed by atoms with Crippen molar-refractivity contribution in [1.29, 1.82) is 0 Å². The number of nitrogens with one attached hydrogen (secondary N) is 2. The van der Waals surface area contributed by atoms with E-state index in [0.29, 0.717) is 30.5 Å². The van der Waals surface area contributed by atoms with Crippen molar-refractivity contribution in [3.05, 3.63) is 48.4 Å². The van der Waals surface area contributed by atoms with Crippen molar-refractivity contribution in [1.82, 2.24) is 10.3 Å². The van der Waals surface area contributed by atoms with Gasteiger partial charge in [-0.05, 0) is 24.6 Å². The first kappa shape index (κ1) is 16.7. The molecule has 0 spiro atoms. The van der Waals surface area contributed by atoms with Crippen LogP contribution < -0.4 is 15.4 Å². The smallest absolute Gasteiger partial charge is 0.319 e. The van der Waals surface area contributed by atoms with Crippen molar-refractivity contribution in [3.63, 3.8) is 0 Å². The number of hydrogen-bond acceptors (Lipinski definition) is 4. The van der Waals surface area contributed by atoms with Crippen LogP contribution in [0.25, 0.3) is 0 Å². The Balaban J connectivity index is 1.83. The maximum Gasteiger partial charge on any atom is 0.319 e. The number of nitrogens with zero attached hydrogens (tertiary/aromatic N) is 1. The third-order valence-electron chi connectivity index (χ3n) is 2.82. The van der Waals surface area contributed by atoms with Gasteiger partial charge in [-0.1, -0.05) is 6.07 Å². The molecule has 0 aliphatic carbocycles. The first-order valence-corrected chi connectivity index (χ1v) is 7.10. The number of ether oxygens (including phenoxy) is 2. The Hall–Kier alpha value is -2.67. The highest BCUT2D eigenvalue weighted by molar-refractivity contribution is 5.88. The molecule has 0 saturated heterocycles. The van der Waals surface area contributed by atoms with E-state index in [4.69, 9.17) is 9.47 Å². The van der Waals surface area contributed by atoms with Crippen LogP contribution in [0.1, 0.15) is 6.42 Å². The second-order valence-electron chi connectivity index (χ2n) is 4.67. The quantitative estimate of drug-likeness (QED) is 0.769. The van der Waals surface area contributed by atoms with Crippen LogP contribution in [0.2, 0.25) is 0 Å². The fourth-order valence-electron chi connectivity index (χ4n) is 1.76. The molecule has 23 heavy (non-hydrogen) atoms. The summed E-state index contributed by atoms with van der Waals surface area (Å²) >= 11 is 0. The summed E-state index contributed by atoms with van der Waals surface area (Å²) in [5.41, 5.74) is 0.529. The van der Waals surface area contributed by atoms with Crippen molar-refractivity contribution >= 4 is 11.7 Å². The molecule has 2 rings (SSSR count). The van der Waals surface area contributed by atoms with E-state index in [9.17, 15) is 9.18 Å². The molecule has 0 aliphatic heterocycles. The molecular formula is C16H18FN3O3. The van der Waals surface area contributed by atoms with E-state index in [1.807, 2.05) is 0 Å². The highest BCUT2D eigenvalue weighted by Crippen LogP contribution is 2.20. The van der Waals surface area contributed by atoms with Crippen molar-refractivity contribution in [3.8, 4) is 11.6 Å². The number of rotatable bonds is 7. The Labute approximate surface area is 133 Å². The number of aromatic nitrogens is 1. The highest BCUT2D eigenvalue weighted by atomic mass is 19.1. The van der Waals surface area contributed by atoms with Crippen molar-refractivity contribution < 1.29 is 18.7 Å². The lowest BCUT2D eigenvalue weighted by molar-refractivity contribution is 0.194. The molecule has 2 aromatic rings. The van der Waals surface area contributed by atoms with Gasteiger partial charge in [0.25, 0.3) is 0 Å². The van der Waals surface area contributed by atoms with Crippen molar-refractivity contribution in [2.24, 2.45) is 0 Å². The number of pyridine rings is 1. The Morgan fingerprint density at radius 2 is 2.17 bits per heavy atom. The highest BCUT2D eigenvalue weighted by Gasteiger charge is 2.03. The van der Waals surface area contributed by atoms with Gasteiger partial charge in [0.05, 0.1) is 11.9 Å². The number of carbonyl (C=O) groups is 1. The Kier molecular flexibility index (Phi) is 6.31. The number of urea groups is 1. The summed E-state index contributed by atoms with van der Waals surface area (Å²) in [6.45, 7) is 1.11. The molecule has 0 bridgehead atoms. The zero-order chi connectivity index (χ0) is 16.5. The van der Waals surface area contributed by atoms with Crippen LogP contribution in [-0.4, -0.2) is 31.3 Å².